The van der Waals surface area contributed by atoms with E-state index < -0.39 is 0 Å². The number of nitrogens with zero attached hydrogens (tertiary/aromatic N) is 4. The molecule has 7 nitrogen and oxygen atoms in total. The van der Waals surface area contributed by atoms with Crippen LogP contribution in [0, 0.1) is 0 Å². The number of hydrogen-bond donors (Lipinski definition) is 2. The maximum atomic E-state index is 11.8. The third-order valence-corrected chi connectivity index (χ3v) is 2.95. The van der Waals surface area contributed by atoms with E-state index in [2.05, 4.69) is 20.6 Å². The van der Waals surface area contributed by atoms with Crippen molar-refractivity contribution in [3.63, 3.8) is 0 Å². The molecule has 0 spiro atoms. The monoisotopic (exact) mass is 265 g/mol. The van der Waals surface area contributed by atoms with Crippen molar-refractivity contribution in [2.45, 2.75) is 6.92 Å². The van der Waals surface area contributed by atoms with E-state index in [4.69, 9.17) is 5.21 Å². The van der Waals surface area contributed by atoms with Crippen LogP contribution in [0.1, 0.15) is 23.1 Å². The largest absolute Gasteiger partial charge is 0.411 e. The van der Waals surface area contributed by atoms with E-state index >= 15 is 0 Å². The van der Waals surface area contributed by atoms with Gasteiger partial charge in [0.15, 0.2) is 10.8 Å². The smallest absolute Gasteiger partial charge is 0.277 e. The van der Waals surface area contributed by atoms with Crippen molar-refractivity contribution in [2.24, 2.45) is 12.2 Å². The van der Waals surface area contributed by atoms with Crippen molar-refractivity contribution in [3.8, 4) is 0 Å². The predicted octanol–water partition coefficient (Wildman–Crippen LogP) is 1.33. The third kappa shape index (κ3) is 2.54. The molecule has 18 heavy (non-hydrogen) atoms. The maximum Gasteiger partial charge on any atom is 0.277 e. The number of aromatic nitrogens is 3. The molecule has 94 valence electrons. The first-order valence-corrected chi connectivity index (χ1v) is 5.93. The van der Waals surface area contributed by atoms with Gasteiger partial charge in [0.25, 0.3) is 5.91 Å². The van der Waals surface area contributed by atoms with Crippen LogP contribution < -0.4 is 5.32 Å². The zero-order chi connectivity index (χ0) is 13.1. The second-order valence-corrected chi connectivity index (χ2v) is 4.41. The molecule has 2 N–H and O–H groups in total. The first-order valence-electron chi connectivity index (χ1n) is 5.05. The van der Waals surface area contributed by atoms with Gasteiger partial charge in [0.05, 0.1) is 0 Å². The van der Waals surface area contributed by atoms with Gasteiger partial charge in [-0.2, -0.15) is 5.10 Å². The van der Waals surface area contributed by atoms with E-state index in [0.717, 1.165) is 0 Å². The molecule has 2 aromatic rings. The minimum Gasteiger partial charge on any atom is -0.411 e. The summed E-state index contributed by atoms with van der Waals surface area (Å²) in [4.78, 5) is 15.9. The summed E-state index contributed by atoms with van der Waals surface area (Å²) in [6.45, 7) is 1.62. The summed E-state index contributed by atoms with van der Waals surface area (Å²) >= 11 is 1.25. The van der Waals surface area contributed by atoms with Gasteiger partial charge in [-0.25, -0.2) is 4.98 Å². The van der Waals surface area contributed by atoms with Gasteiger partial charge in [-0.15, -0.1) is 11.3 Å². The van der Waals surface area contributed by atoms with Crippen molar-refractivity contribution < 1.29 is 10.0 Å². The van der Waals surface area contributed by atoms with Crippen LogP contribution in [0.25, 0.3) is 0 Å². The molecule has 0 atom stereocenters. The van der Waals surface area contributed by atoms with Crippen LogP contribution >= 0.6 is 11.3 Å². The fourth-order valence-electron chi connectivity index (χ4n) is 1.25. The van der Waals surface area contributed by atoms with E-state index in [1.54, 1.807) is 36.3 Å². The average molecular weight is 265 g/mol. The van der Waals surface area contributed by atoms with Crippen LogP contribution in [0.2, 0.25) is 0 Å². The van der Waals surface area contributed by atoms with E-state index in [1.165, 1.54) is 11.3 Å². The zero-order valence-corrected chi connectivity index (χ0v) is 10.6. The second-order valence-electron chi connectivity index (χ2n) is 3.55. The summed E-state index contributed by atoms with van der Waals surface area (Å²) in [5.74, 6) is -0.324. The van der Waals surface area contributed by atoms with Gasteiger partial charge in [0.1, 0.15) is 11.4 Å². The Morgan fingerprint density at radius 1 is 1.56 bits per heavy atom. The molecule has 0 saturated carbocycles. The number of amides is 1. The molecule has 0 fully saturated rings. The molecule has 0 aliphatic rings. The first-order chi connectivity index (χ1) is 8.60. The number of carbonyl (C=O) groups excluding carboxylic acids is 1. The summed E-state index contributed by atoms with van der Waals surface area (Å²) in [6, 6.07) is 1.62. The highest BCUT2D eigenvalue weighted by Gasteiger charge is 2.12. The standard InChI is InChI=1S/C10H11N5O2S/c1-6(14-17)8-5-18-10(11-8)12-9(16)7-3-4-15(2)13-7/h3-5,17H,1-2H3,(H,11,12,16)/b14-6-. The van der Waals surface area contributed by atoms with Crippen LogP contribution in [0.4, 0.5) is 5.13 Å². The van der Waals surface area contributed by atoms with Crippen molar-refractivity contribution in [3.05, 3.63) is 29.0 Å². The number of rotatable bonds is 3. The molecule has 0 saturated heterocycles. The quantitative estimate of drug-likeness (QED) is 0.497. The molecule has 0 unspecified atom stereocenters. The van der Waals surface area contributed by atoms with Crippen molar-refractivity contribution in [1.29, 1.82) is 0 Å². The third-order valence-electron chi connectivity index (χ3n) is 2.19. The Kier molecular flexibility index (Phi) is 3.38. The molecular weight excluding hydrogens is 254 g/mol. The molecule has 0 aliphatic heterocycles. The first kappa shape index (κ1) is 12.2. The Morgan fingerprint density at radius 2 is 2.33 bits per heavy atom. The molecule has 0 aromatic carbocycles. The van der Waals surface area contributed by atoms with Crippen LogP contribution in [-0.4, -0.2) is 31.6 Å². The lowest BCUT2D eigenvalue weighted by atomic mass is 10.3. The average Bonchev–Trinajstić information content (AvgIpc) is 2.97. The van der Waals surface area contributed by atoms with Crippen LogP contribution in [0.3, 0.4) is 0 Å². The summed E-state index contributed by atoms with van der Waals surface area (Å²) in [7, 11) is 1.74. The topological polar surface area (TPSA) is 92.4 Å². The fraction of sp³-hybridized carbons (Fsp3) is 0.200. The van der Waals surface area contributed by atoms with Crippen LogP contribution in [0.5, 0.6) is 0 Å². The highest BCUT2D eigenvalue weighted by atomic mass is 32.1. The highest BCUT2D eigenvalue weighted by Crippen LogP contribution is 2.16. The Morgan fingerprint density at radius 3 is 2.94 bits per heavy atom. The Bertz CT molecular complexity index is 601. The molecule has 2 aromatic heterocycles. The van der Waals surface area contributed by atoms with E-state index in [-0.39, 0.29) is 5.91 Å². The Hall–Kier alpha value is -2.22. The second kappa shape index (κ2) is 4.96. The number of aryl methyl sites for hydroxylation is 1. The van der Waals surface area contributed by atoms with Gasteiger partial charge in [0.2, 0.25) is 0 Å². The minimum atomic E-state index is -0.324. The van der Waals surface area contributed by atoms with E-state index in [9.17, 15) is 4.79 Å². The molecular formula is C10H11N5O2S. The molecule has 1 amide bonds. The predicted molar refractivity (Wildman–Crippen MR) is 67.3 cm³/mol. The van der Waals surface area contributed by atoms with E-state index in [1.807, 2.05) is 0 Å². The van der Waals surface area contributed by atoms with Gasteiger partial charge < -0.3 is 5.21 Å². The van der Waals surface area contributed by atoms with Crippen molar-refractivity contribution in [1.82, 2.24) is 14.8 Å². The lowest BCUT2D eigenvalue weighted by molar-refractivity contribution is 0.102. The molecule has 8 heteroatoms. The molecule has 0 bridgehead atoms. The number of hydrogen-bond acceptors (Lipinski definition) is 6. The van der Waals surface area contributed by atoms with Crippen molar-refractivity contribution >= 4 is 28.1 Å². The number of thiazole rings is 1. The zero-order valence-electron chi connectivity index (χ0n) is 9.78. The molecule has 2 heterocycles. The van der Waals surface area contributed by atoms with Crippen molar-refractivity contribution in [2.75, 3.05) is 5.32 Å². The molecule has 2 rings (SSSR count). The van der Waals surface area contributed by atoms with E-state index in [0.29, 0.717) is 22.2 Å². The molecule has 0 radical (unpaired) electrons. The van der Waals surface area contributed by atoms with Crippen LogP contribution in [0.15, 0.2) is 22.8 Å². The maximum absolute atomic E-state index is 11.8. The Balaban J connectivity index is 2.10. The fourth-order valence-corrected chi connectivity index (χ4v) is 2.00. The SMILES string of the molecule is C/C(=N/O)c1csc(NC(=O)c2ccn(C)n2)n1. The number of anilines is 1. The number of carbonyl (C=O) groups is 1. The Labute approximate surface area is 107 Å². The normalized spacial score (nSPS) is 11.6. The molecule has 0 aliphatic carbocycles. The minimum absolute atomic E-state index is 0.321. The van der Waals surface area contributed by atoms with Gasteiger partial charge in [-0.1, -0.05) is 5.16 Å². The number of oxime groups is 1. The summed E-state index contributed by atoms with van der Waals surface area (Å²) < 4.78 is 1.55. The van der Waals surface area contributed by atoms with Gasteiger partial charge in [-0.05, 0) is 13.0 Å². The van der Waals surface area contributed by atoms with Gasteiger partial charge in [0, 0.05) is 18.6 Å². The summed E-state index contributed by atoms with van der Waals surface area (Å²) in [5, 5.41) is 20.4. The lowest BCUT2D eigenvalue weighted by Gasteiger charge is -1.97. The number of nitrogens with one attached hydrogen (secondary N) is 1. The lowest BCUT2D eigenvalue weighted by Crippen LogP contribution is -2.13. The summed E-state index contributed by atoms with van der Waals surface area (Å²) in [5.41, 5.74) is 1.24. The highest BCUT2D eigenvalue weighted by molar-refractivity contribution is 7.14. The van der Waals surface area contributed by atoms with Gasteiger partial charge >= 0.3 is 0 Å². The summed E-state index contributed by atoms with van der Waals surface area (Å²) in [6.07, 6.45) is 1.69. The van der Waals surface area contributed by atoms with Gasteiger partial charge in [-0.3, -0.25) is 14.8 Å². The van der Waals surface area contributed by atoms with Crippen LogP contribution in [-0.2, 0) is 7.05 Å².